The Kier molecular flexibility index (Phi) is 6.21. The summed E-state index contributed by atoms with van der Waals surface area (Å²) >= 11 is -1.31. The van der Waals surface area contributed by atoms with Crippen molar-refractivity contribution in [1.82, 2.24) is 9.62 Å². The molecule has 3 nitrogen and oxygen atoms in total. The second-order valence-electron chi connectivity index (χ2n) is 7.70. The minimum Gasteiger partial charge on any atom is -0.593 e. The van der Waals surface area contributed by atoms with Crippen molar-refractivity contribution in [3.63, 3.8) is 0 Å². The molecule has 146 valence electrons. The van der Waals surface area contributed by atoms with Crippen LogP contribution in [0, 0.1) is 11.6 Å². The van der Waals surface area contributed by atoms with Crippen LogP contribution in [0.2, 0.25) is 0 Å². The van der Waals surface area contributed by atoms with Crippen LogP contribution < -0.4 is 4.72 Å². The van der Waals surface area contributed by atoms with E-state index in [0.717, 1.165) is 31.7 Å². The standard InChI is InChI=1S/C21H26F2N2OS/c1-21(25(2)3)12-10-17(11-13-21)24-27(26)18-7-4-15(5-8-18)19-9-6-16(22)14-20(19)23/h4-9,14,17,24H,10-13H2,1-3H3. The van der Waals surface area contributed by atoms with Crippen LogP contribution in [0.4, 0.5) is 8.78 Å². The molecule has 0 bridgehead atoms. The molecule has 1 N–H and O–H groups in total. The molecule has 3 rings (SSSR count). The summed E-state index contributed by atoms with van der Waals surface area (Å²) < 4.78 is 42.8. The molecule has 0 radical (unpaired) electrons. The van der Waals surface area contributed by atoms with Crippen LogP contribution in [0.25, 0.3) is 11.1 Å². The van der Waals surface area contributed by atoms with Gasteiger partial charge in [-0.05, 0) is 88.7 Å². The smallest absolute Gasteiger partial charge is 0.173 e. The first-order chi connectivity index (χ1) is 12.8. The summed E-state index contributed by atoms with van der Waals surface area (Å²) in [4.78, 5) is 2.93. The molecular weight excluding hydrogens is 366 g/mol. The zero-order valence-electron chi connectivity index (χ0n) is 16.0. The summed E-state index contributed by atoms with van der Waals surface area (Å²) in [5, 5.41) is 0. The van der Waals surface area contributed by atoms with E-state index in [1.165, 1.54) is 12.1 Å². The van der Waals surface area contributed by atoms with Gasteiger partial charge in [0.05, 0.1) is 17.4 Å². The van der Waals surface area contributed by atoms with Crippen LogP contribution in [0.15, 0.2) is 47.4 Å². The fourth-order valence-corrected chi connectivity index (χ4v) is 4.56. The highest BCUT2D eigenvalue weighted by Crippen LogP contribution is 2.32. The molecule has 0 aromatic heterocycles. The zero-order chi connectivity index (χ0) is 19.6. The molecule has 1 fully saturated rings. The molecule has 0 spiro atoms. The summed E-state index contributed by atoms with van der Waals surface area (Å²) in [6, 6.07) is 10.6. The third-order valence-corrected chi connectivity index (χ3v) is 6.97. The predicted octanol–water partition coefficient (Wildman–Crippen LogP) is 4.51. The number of benzene rings is 2. The zero-order valence-corrected chi connectivity index (χ0v) is 16.8. The van der Waals surface area contributed by atoms with Gasteiger partial charge >= 0.3 is 0 Å². The summed E-state index contributed by atoms with van der Waals surface area (Å²) in [5.74, 6) is -1.20. The van der Waals surface area contributed by atoms with E-state index in [2.05, 4.69) is 30.6 Å². The first kappa shape index (κ1) is 20.3. The van der Waals surface area contributed by atoms with Crippen LogP contribution >= 0.6 is 0 Å². The van der Waals surface area contributed by atoms with E-state index in [0.29, 0.717) is 16.0 Å². The van der Waals surface area contributed by atoms with Crippen molar-refractivity contribution < 1.29 is 13.3 Å². The third kappa shape index (κ3) is 4.69. The quantitative estimate of drug-likeness (QED) is 0.761. The fraction of sp³-hybridized carbons (Fsp3) is 0.429. The Morgan fingerprint density at radius 3 is 2.26 bits per heavy atom. The molecule has 1 atom stereocenters. The summed E-state index contributed by atoms with van der Waals surface area (Å²) in [7, 11) is 4.22. The first-order valence-corrected chi connectivity index (χ1v) is 10.3. The SMILES string of the molecule is CN(C)C1(C)CCC(N[S+]([O-])c2ccc(-c3ccc(F)cc3F)cc2)CC1. The molecular formula is C21H26F2N2OS. The van der Waals surface area contributed by atoms with Gasteiger partial charge in [0.15, 0.2) is 4.90 Å². The maximum absolute atomic E-state index is 13.9. The summed E-state index contributed by atoms with van der Waals surface area (Å²) in [5.41, 5.74) is 1.17. The van der Waals surface area contributed by atoms with Gasteiger partial charge in [0, 0.05) is 17.2 Å². The lowest BCUT2D eigenvalue weighted by Gasteiger charge is -2.42. The van der Waals surface area contributed by atoms with Gasteiger partial charge in [-0.25, -0.2) is 8.78 Å². The van der Waals surface area contributed by atoms with E-state index in [-0.39, 0.29) is 11.6 Å². The van der Waals surface area contributed by atoms with Crippen molar-refractivity contribution in [3.05, 3.63) is 54.1 Å². The highest BCUT2D eigenvalue weighted by Gasteiger charge is 2.34. The molecule has 1 aliphatic rings. The molecule has 2 aromatic rings. The van der Waals surface area contributed by atoms with Crippen molar-refractivity contribution in [1.29, 1.82) is 0 Å². The van der Waals surface area contributed by atoms with E-state index < -0.39 is 23.0 Å². The molecule has 1 unspecified atom stereocenters. The molecule has 0 saturated heterocycles. The van der Waals surface area contributed by atoms with Crippen LogP contribution in [0.5, 0.6) is 0 Å². The van der Waals surface area contributed by atoms with Crippen molar-refractivity contribution >= 4 is 11.4 Å². The maximum atomic E-state index is 13.9. The monoisotopic (exact) mass is 392 g/mol. The van der Waals surface area contributed by atoms with Crippen LogP contribution in [0.1, 0.15) is 32.6 Å². The average Bonchev–Trinajstić information content (AvgIpc) is 2.64. The number of halogens is 2. The van der Waals surface area contributed by atoms with E-state index in [9.17, 15) is 13.3 Å². The molecule has 0 aliphatic heterocycles. The van der Waals surface area contributed by atoms with Crippen LogP contribution in [-0.2, 0) is 11.4 Å². The number of nitrogens with one attached hydrogen (secondary N) is 1. The largest absolute Gasteiger partial charge is 0.593 e. The van der Waals surface area contributed by atoms with E-state index >= 15 is 0 Å². The van der Waals surface area contributed by atoms with E-state index in [1.807, 2.05) is 0 Å². The van der Waals surface area contributed by atoms with E-state index in [4.69, 9.17) is 0 Å². The van der Waals surface area contributed by atoms with E-state index in [1.54, 1.807) is 24.3 Å². The Hall–Kier alpha value is -1.47. The van der Waals surface area contributed by atoms with Crippen LogP contribution in [-0.4, -0.2) is 35.1 Å². The van der Waals surface area contributed by atoms with Gasteiger partial charge in [-0.15, -0.1) is 4.72 Å². The number of hydrogen-bond acceptors (Lipinski definition) is 3. The molecule has 0 heterocycles. The highest BCUT2D eigenvalue weighted by molar-refractivity contribution is 7.89. The minimum atomic E-state index is -1.31. The fourth-order valence-electron chi connectivity index (χ4n) is 3.51. The Bertz CT molecular complexity index is 774. The number of hydrogen-bond donors (Lipinski definition) is 1. The number of nitrogens with zero attached hydrogens (tertiary/aromatic N) is 1. The highest BCUT2D eigenvalue weighted by atomic mass is 32.2. The summed E-state index contributed by atoms with van der Waals surface area (Å²) in [6.45, 7) is 2.27. The van der Waals surface area contributed by atoms with Gasteiger partial charge in [0.1, 0.15) is 11.6 Å². The Balaban J connectivity index is 1.62. The number of rotatable bonds is 5. The van der Waals surface area contributed by atoms with Crippen LogP contribution in [0.3, 0.4) is 0 Å². The lowest BCUT2D eigenvalue weighted by molar-refractivity contribution is 0.110. The predicted molar refractivity (Wildman–Crippen MR) is 106 cm³/mol. The maximum Gasteiger partial charge on any atom is 0.173 e. The Labute approximate surface area is 163 Å². The van der Waals surface area contributed by atoms with Gasteiger partial charge in [-0.2, -0.15) is 0 Å². The second kappa shape index (κ2) is 8.27. The average molecular weight is 393 g/mol. The molecule has 2 aromatic carbocycles. The Morgan fingerprint density at radius 1 is 1.07 bits per heavy atom. The third-order valence-electron chi connectivity index (χ3n) is 5.73. The molecule has 0 amide bonds. The van der Waals surface area contributed by atoms with Crippen molar-refractivity contribution in [2.75, 3.05) is 14.1 Å². The molecule has 6 heteroatoms. The van der Waals surface area contributed by atoms with Gasteiger partial charge in [-0.3, -0.25) is 0 Å². The normalized spacial score (nSPS) is 24.2. The lowest BCUT2D eigenvalue weighted by Crippen LogP contribution is -2.48. The first-order valence-electron chi connectivity index (χ1n) is 9.19. The second-order valence-corrected chi connectivity index (χ2v) is 8.95. The van der Waals surface area contributed by atoms with Gasteiger partial charge in [0.25, 0.3) is 0 Å². The molecule has 1 aliphatic carbocycles. The van der Waals surface area contributed by atoms with Crippen molar-refractivity contribution in [2.45, 2.75) is 49.1 Å². The summed E-state index contributed by atoms with van der Waals surface area (Å²) in [6.07, 6.45) is 4.11. The van der Waals surface area contributed by atoms with Gasteiger partial charge in [0.2, 0.25) is 0 Å². The van der Waals surface area contributed by atoms with Gasteiger partial charge in [-0.1, -0.05) is 0 Å². The molecule has 1 saturated carbocycles. The van der Waals surface area contributed by atoms with Crippen molar-refractivity contribution in [2.24, 2.45) is 0 Å². The Morgan fingerprint density at radius 2 is 1.70 bits per heavy atom. The van der Waals surface area contributed by atoms with Crippen molar-refractivity contribution in [3.8, 4) is 11.1 Å². The minimum absolute atomic E-state index is 0.209. The topological polar surface area (TPSA) is 38.3 Å². The molecule has 27 heavy (non-hydrogen) atoms. The lowest BCUT2D eigenvalue weighted by atomic mass is 9.80. The van der Waals surface area contributed by atoms with Gasteiger partial charge < -0.3 is 9.45 Å².